The molecular formula is C20H26N2O3. The predicted molar refractivity (Wildman–Crippen MR) is 96.3 cm³/mol. The van der Waals surface area contributed by atoms with Crippen molar-refractivity contribution in [3.63, 3.8) is 0 Å². The molecule has 0 saturated heterocycles. The number of aromatic nitrogens is 2. The number of ether oxygens (including phenoxy) is 2. The van der Waals surface area contributed by atoms with Gasteiger partial charge in [0.1, 0.15) is 12.4 Å². The number of para-hydroxylation sites is 1. The molecule has 0 bridgehead atoms. The molecule has 134 valence electrons. The van der Waals surface area contributed by atoms with Gasteiger partial charge < -0.3 is 9.47 Å². The summed E-state index contributed by atoms with van der Waals surface area (Å²) < 4.78 is 11.4. The highest BCUT2D eigenvalue weighted by Crippen LogP contribution is 2.35. The van der Waals surface area contributed by atoms with Gasteiger partial charge in [-0.1, -0.05) is 39.3 Å². The van der Waals surface area contributed by atoms with Gasteiger partial charge in [-0.05, 0) is 42.7 Å². The minimum Gasteiger partial charge on any atom is -0.465 e. The lowest BCUT2D eigenvalue weighted by atomic mass is 9.75. The minimum atomic E-state index is -0.326. The third kappa shape index (κ3) is 4.27. The first kappa shape index (κ1) is 17.6. The van der Waals surface area contributed by atoms with E-state index in [0.717, 1.165) is 23.7 Å². The van der Waals surface area contributed by atoms with Gasteiger partial charge in [0.05, 0.1) is 10.9 Å². The molecule has 5 nitrogen and oxygen atoms in total. The van der Waals surface area contributed by atoms with Crippen molar-refractivity contribution in [1.29, 1.82) is 0 Å². The largest absolute Gasteiger partial charge is 0.465 e. The van der Waals surface area contributed by atoms with Gasteiger partial charge in [0.25, 0.3) is 0 Å². The van der Waals surface area contributed by atoms with Crippen LogP contribution in [0, 0.1) is 17.8 Å². The van der Waals surface area contributed by atoms with Crippen molar-refractivity contribution >= 4 is 16.9 Å². The normalized spacial score (nSPS) is 23.6. The molecule has 1 fully saturated rings. The average Bonchev–Trinajstić information content (AvgIpc) is 2.59. The Kier molecular flexibility index (Phi) is 5.51. The van der Waals surface area contributed by atoms with E-state index in [2.05, 4.69) is 30.7 Å². The van der Waals surface area contributed by atoms with Crippen molar-refractivity contribution in [3.8, 4) is 5.88 Å². The predicted octanol–water partition coefficient (Wildman–Crippen LogP) is 4.01. The zero-order valence-corrected chi connectivity index (χ0v) is 15.1. The lowest BCUT2D eigenvalue weighted by Gasteiger charge is -2.36. The number of hydrogen-bond donors (Lipinski definition) is 0. The SMILES string of the molecule is CC(C)[C@@H]1CC[C@@H](C)C[C@H]1OC(=O)COc1ncnc2ccccc12. The van der Waals surface area contributed by atoms with Crippen LogP contribution in [0.25, 0.3) is 10.9 Å². The Morgan fingerprint density at radius 2 is 2.04 bits per heavy atom. The first-order valence-corrected chi connectivity index (χ1v) is 9.06. The zero-order valence-electron chi connectivity index (χ0n) is 15.1. The molecule has 1 aliphatic carbocycles. The Morgan fingerprint density at radius 3 is 2.84 bits per heavy atom. The average molecular weight is 342 g/mol. The summed E-state index contributed by atoms with van der Waals surface area (Å²) in [5.74, 6) is 1.63. The summed E-state index contributed by atoms with van der Waals surface area (Å²) in [6, 6.07) is 7.57. The maximum absolute atomic E-state index is 12.3. The lowest BCUT2D eigenvalue weighted by Crippen LogP contribution is -2.37. The van der Waals surface area contributed by atoms with Crippen LogP contribution in [-0.2, 0) is 9.53 Å². The highest BCUT2D eigenvalue weighted by atomic mass is 16.6. The summed E-state index contributed by atoms with van der Waals surface area (Å²) in [7, 11) is 0. The van der Waals surface area contributed by atoms with E-state index in [9.17, 15) is 4.79 Å². The van der Waals surface area contributed by atoms with Crippen molar-refractivity contribution < 1.29 is 14.3 Å². The van der Waals surface area contributed by atoms with Crippen LogP contribution in [-0.4, -0.2) is 28.6 Å². The third-order valence-corrected chi connectivity index (χ3v) is 5.08. The van der Waals surface area contributed by atoms with E-state index in [0.29, 0.717) is 23.6 Å². The van der Waals surface area contributed by atoms with Gasteiger partial charge in [-0.2, -0.15) is 0 Å². The van der Waals surface area contributed by atoms with Crippen LogP contribution in [0.4, 0.5) is 0 Å². The van der Waals surface area contributed by atoms with E-state index in [4.69, 9.17) is 9.47 Å². The van der Waals surface area contributed by atoms with E-state index in [1.807, 2.05) is 24.3 Å². The van der Waals surface area contributed by atoms with Crippen LogP contribution in [0.3, 0.4) is 0 Å². The van der Waals surface area contributed by atoms with Crippen molar-refractivity contribution in [2.75, 3.05) is 6.61 Å². The zero-order chi connectivity index (χ0) is 17.8. The molecule has 1 saturated carbocycles. The molecule has 1 aromatic heterocycles. The number of carbonyl (C=O) groups is 1. The van der Waals surface area contributed by atoms with Crippen LogP contribution >= 0.6 is 0 Å². The summed E-state index contributed by atoms with van der Waals surface area (Å²) in [4.78, 5) is 20.6. The van der Waals surface area contributed by atoms with Crippen LogP contribution in [0.5, 0.6) is 5.88 Å². The van der Waals surface area contributed by atoms with Crippen molar-refractivity contribution in [2.45, 2.75) is 46.1 Å². The number of benzene rings is 1. The number of nitrogens with zero attached hydrogens (tertiary/aromatic N) is 2. The van der Waals surface area contributed by atoms with Gasteiger partial charge in [-0.3, -0.25) is 0 Å². The van der Waals surface area contributed by atoms with Gasteiger partial charge in [-0.25, -0.2) is 14.8 Å². The second-order valence-electron chi connectivity index (χ2n) is 7.34. The molecule has 25 heavy (non-hydrogen) atoms. The minimum absolute atomic E-state index is 0.0120. The molecule has 0 spiro atoms. The van der Waals surface area contributed by atoms with Crippen molar-refractivity contribution in [3.05, 3.63) is 30.6 Å². The number of hydrogen-bond acceptors (Lipinski definition) is 5. The first-order valence-electron chi connectivity index (χ1n) is 9.06. The summed E-state index contributed by atoms with van der Waals surface area (Å²) in [5, 5.41) is 0.796. The quantitative estimate of drug-likeness (QED) is 0.768. The molecule has 0 unspecified atom stereocenters. The molecule has 0 N–H and O–H groups in total. The molecule has 2 aromatic rings. The van der Waals surface area contributed by atoms with E-state index in [-0.39, 0.29) is 18.7 Å². The fraction of sp³-hybridized carbons (Fsp3) is 0.550. The van der Waals surface area contributed by atoms with Gasteiger partial charge >= 0.3 is 5.97 Å². The van der Waals surface area contributed by atoms with E-state index in [1.165, 1.54) is 12.7 Å². The highest BCUT2D eigenvalue weighted by molar-refractivity contribution is 5.83. The van der Waals surface area contributed by atoms with E-state index < -0.39 is 0 Å². The number of carbonyl (C=O) groups excluding carboxylic acids is 1. The lowest BCUT2D eigenvalue weighted by molar-refractivity contribution is -0.158. The molecule has 1 heterocycles. The topological polar surface area (TPSA) is 61.3 Å². The second kappa shape index (κ2) is 7.81. The Hall–Kier alpha value is -2.17. The molecular weight excluding hydrogens is 316 g/mol. The second-order valence-corrected chi connectivity index (χ2v) is 7.34. The molecule has 0 aliphatic heterocycles. The molecule has 0 radical (unpaired) electrons. The molecule has 1 aromatic carbocycles. The maximum atomic E-state index is 12.3. The third-order valence-electron chi connectivity index (χ3n) is 5.08. The molecule has 1 aliphatic rings. The Balaban J connectivity index is 1.62. The fourth-order valence-electron chi connectivity index (χ4n) is 3.68. The Bertz CT molecular complexity index is 726. The fourth-order valence-corrected chi connectivity index (χ4v) is 3.68. The van der Waals surface area contributed by atoms with Gasteiger partial charge in [0, 0.05) is 0 Å². The number of esters is 1. The van der Waals surface area contributed by atoms with E-state index in [1.54, 1.807) is 0 Å². The highest BCUT2D eigenvalue weighted by Gasteiger charge is 2.33. The van der Waals surface area contributed by atoms with Gasteiger partial charge in [0.15, 0.2) is 6.61 Å². The maximum Gasteiger partial charge on any atom is 0.344 e. The number of fused-ring (bicyclic) bond motifs is 1. The summed E-state index contributed by atoms with van der Waals surface area (Å²) in [5.41, 5.74) is 0.793. The van der Waals surface area contributed by atoms with Gasteiger partial charge in [0.2, 0.25) is 5.88 Å². The Labute approximate surface area is 148 Å². The molecule has 5 heteroatoms. The van der Waals surface area contributed by atoms with E-state index >= 15 is 0 Å². The molecule has 3 atom stereocenters. The summed E-state index contributed by atoms with van der Waals surface area (Å²) >= 11 is 0. The standard InChI is InChI=1S/C20H26N2O3/c1-13(2)15-9-8-14(3)10-18(15)25-19(23)11-24-20-16-6-4-5-7-17(16)21-12-22-20/h4-7,12-15,18H,8-11H2,1-3H3/t14-,15+,18-/m1/s1. The summed E-state index contributed by atoms with van der Waals surface area (Å²) in [6.45, 7) is 6.49. The monoisotopic (exact) mass is 342 g/mol. The summed E-state index contributed by atoms with van der Waals surface area (Å²) in [6.07, 6.45) is 4.70. The first-order chi connectivity index (χ1) is 12.0. The van der Waals surface area contributed by atoms with Crippen LogP contribution < -0.4 is 4.74 Å². The van der Waals surface area contributed by atoms with Crippen LogP contribution in [0.15, 0.2) is 30.6 Å². The van der Waals surface area contributed by atoms with Crippen molar-refractivity contribution in [1.82, 2.24) is 9.97 Å². The molecule has 3 rings (SSSR count). The van der Waals surface area contributed by atoms with Gasteiger partial charge in [-0.15, -0.1) is 0 Å². The van der Waals surface area contributed by atoms with Crippen molar-refractivity contribution in [2.24, 2.45) is 17.8 Å². The Morgan fingerprint density at radius 1 is 1.24 bits per heavy atom. The van der Waals surface area contributed by atoms with Crippen LogP contribution in [0.2, 0.25) is 0 Å². The number of rotatable bonds is 5. The van der Waals surface area contributed by atoms with Crippen LogP contribution in [0.1, 0.15) is 40.0 Å². The smallest absolute Gasteiger partial charge is 0.344 e. The molecule has 0 amide bonds.